The van der Waals surface area contributed by atoms with Crippen molar-refractivity contribution in [2.24, 2.45) is 5.16 Å². The first-order chi connectivity index (χ1) is 5.91. The maximum Gasteiger partial charge on any atom is 0.106 e. The zero-order chi connectivity index (χ0) is 9.07. The quantitative estimate of drug-likeness (QED) is 0.257. The zero-order valence-corrected chi connectivity index (χ0v) is 7.68. The molecule has 0 aromatic heterocycles. The van der Waals surface area contributed by atoms with Gasteiger partial charge in [0.2, 0.25) is 0 Å². The zero-order valence-electron chi connectivity index (χ0n) is 7.68. The van der Waals surface area contributed by atoms with E-state index in [1.165, 1.54) is 6.42 Å². The van der Waals surface area contributed by atoms with Crippen LogP contribution in [0.5, 0.6) is 0 Å². The van der Waals surface area contributed by atoms with Crippen molar-refractivity contribution in [3.8, 4) is 11.8 Å². The minimum atomic E-state index is 0.963. The Labute approximate surface area is 75.0 Å². The average molecular weight is 166 g/mol. The normalized spacial score (nSPS) is 9.50. The molecule has 0 heterocycles. The van der Waals surface area contributed by atoms with Crippen molar-refractivity contribution < 1.29 is 4.84 Å². The van der Waals surface area contributed by atoms with Gasteiger partial charge in [0.15, 0.2) is 0 Å². The molecule has 1 radical (unpaired) electrons. The molecular weight excluding hydrogens is 150 g/mol. The summed E-state index contributed by atoms with van der Waals surface area (Å²) in [6.07, 6.45) is 7.27. The molecule has 0 atom stereocenters. The maximum absolute atomic E-state index is 4.53. The number of hydrogen-bond donors (Lipinski definition) is 0. The molecule has 0 aliphatic rings. The second-order valence-corrected chi connectivity index (χ2v) is 2.42. The molecule has 0 saturated heterocycles. The molecule has 0 aromatic rings. The minimum Gasteiger partial charge on any atom is -0.399 e. The van der Waals surface area contributed by atoms with Crippen molar-refractivity contribution >= 4 is 6.21 Å². The van der Waals surface area contributed by atoms with Crippen LogP contribution in [-0.2, 0) is 4.84 Å². The van der Waals surface area contributed by atoms with E-state index >= 15 is 0 Å². The number of unbranched alkanes of at least 4 members (excludes halogenated alkanes) is 4. The second-order valence-electron chi connectivity index (χ2n) is 2.42. The van der Waals surface area contributed by atoms with Gasteiger partial charge in [0.25, 0.3) is 0 Å². The van der Waals surface area contributed by atoms with E-state index in [9.17, 15) is 0 Å². The summed E-state index contributed by atoms with van der Waals surface area (Å²) < 4.78 is 0. The van der Waals surface area contributed by atoms with Crippen molar-refractivity contribution in [2.75, 3.05) is 7.11 Å². The molecule has 0 amide bonds. The van der Waals surface area contributed by atoms with Gasteiger partial charge in [-0.15, -0.1) is 11.8 Å². The van der Waals surface area contributed by atoms with Crippen molar-refractivity contribution in [3.05, 3.63) is 6.92 Å². The van der Waals surface area contributed by atoms with E-state index in [-0.39, 0.29) is 0 Å². The molecule has 0 aromatic carbocycles. The predicted molar refractivity (Wildman–Crippen MR) is 51.7 cm³/mol. The fourth-order valence-corrected chi connectivity index (χ4v) is 0.841. The van der Waals surface area contributed by atoms with Crippen molar-refractivity contribution in [2.45, 2.75) is 32.1 Å². The average Bonchev–Trinajstić information content (AvgIpc) is 2.10. The van der Waals surface area contributed by atoms with E-state index in [1.807, 2.05) is 0 Å². The molecule has 0 aliphatic carbocycles. The third-order valence-electron chi connectivity index (χ3n) is 1.44. The lowest BCUT2D eigenvalue weighted by Gasteiger charge is -1.92. The van der Waals surface area contributed by atoms with Crippen LogP contribution in [0.4, 0.5) is 0 Å². The number of rotatable bonds is 6. The van der Waals surface area contributed by atoms with Gasteiger partial charge in [-0.05, 0) is 19.3 Å². The molecule has 12 heavy (non-hydrogen) atoms. The molecule has 0 N–H and O–H groups in total. The van der Waals surface area contributed by atoms with Crippen LogP contribution in [0.15, 0.2) is 5.16 Å². The van der Waals surface area contributed by atoms with Gasteiger partial charge in [-0.2, -0.15) is 0 Å². The van der Waals surface area contributed by atoms with Crippen molar-refractivity contribution in [1.82, 2.24) is 0 Å². The first-order valence-electron chi connectivity index (χ1n) is 4.21. The predicted octanol–water partition coefficient (Wildman–Crippen LogP) is 2.41. The Hall–Kier alpha value is -0.970. The van der Waals surface area contributed by atoms with Gasteiger partial charge < -0.3 is 4.84 Å². The van der Waals surface area contributed by atoms with E-state index in [1.54, 1.807) is 13.3 Å². The topological polar surface area (TPSA) is 21.6 Å². The van der Waals surface area contributed by atoms with Crippen LogP contribution >= 0.6 is 0 Å². The summed E-state index contributed by atoms with van der Waals surface area (Å²) in [5.41, 5.74) is 0. The molecule has 0 spiro atoms. The summed E-state index contributed by atoms with van der Waals surface area (Å²) in [5.74, 6) is 5.56. The second kappa shape index (κ2) is 10.0. The molecule has 2 heteroatoms. The van der Waals surface area contributed by atoms with Crippen LogP contribution in [-0.4, -0.2) is 13.3 Å². The van der Waals surface area contributed by atoms with E-state index in [2.05, 4.69) is 28.8 Å². The maximum atomic E-state index is 4.53. The third-order valence-corrected chi connectivity index (χ3v) is 1.44. The van der Waals surface area contributed by atoms with Gasteiger partial charge in [-0.25, -0.2) is 0 Å². The van der Waals surface area contributed by atoms with Gasteiger partial charge in [0.1, 0.15) is 7.11 Å². The van der Waals surface area contributed by atoms with Crippen LogP contribution in [0, 0.1) is 18.8 Å². The van der Waals surface area contributed by atoms with Crippen LogP contribution < -0.4 is 0 Å². The Morgan fingerprint density at radius 3 is 2.92 bits per heavy atom. The number of oxime groups is 1. The lowest BCUT2D eigenvalue weighted by Crippen LogP contribution is -1.79. The molecule has 67 valence electrons. The highest BCUT2D eigenvalue weighted by Crippen LogP contribution is 2.00. The van der Waals surface area contributed by atoms with Gasteiger partial charge in [0.05, 0.1) is 0 Å². The summed E-state index contributed by atoms with van der Waals surface area (Å²) in [6.45, 7) is 3.45. The van der Waals surface area contributed by atoms with E-state index in [0.29, 0.717) is 0 Å². The fraction of sp³-hybridized carbons (Fsp3) is 0.600. The molecule has 0 aliphatic heterocycles. The van der Waals surface area contributed by atoms with Crippen LogP contribution in [0.3, 0.4) is 0 Å². The Kier molecular flexibility index (Phi) is 9.22. The molecule has 0 bridgehead atoms. The van der Waals surface area contributed by atoms with Crippen LogP contribution in [0.1, 0.15) is 32.1 Å². The van der Waals surface area contributed by atoms with Gasteiger partial charge in [-0.3, -0.25) is 0 Å². The summed E-state index contributed by atoms with van der Waals surface area (Å²) in [6, 6.07) is 0. The van der Waals surface area contributed by atoms with E-state index in [4.69, 9.17) is 0 Å². The summed E-state index contributed by atoms with van der Waals surface area (Å²) in [7, 11) is 1.56. The highest BCUT2D eigenvalue weighted by molar-refractivity contribution is 5.55. The first-order valence-corrected chi connectivity index (χ1v) is 4.21. The molecule has 0 rings (SSSR count). The van der Waals surface area contributed by atoms with Crippen molar-refractivity contribution in [3.63, 3.8) is 0 Å². The SMILES string of the molecule is [CH2]C#CCCCCCC=NOC. The highest BCUT2D eigenvalue weighted by atomic mass is 16.6. The van der Waals surface area contributed by atoms with E-state index in [0.717, 1.165) is 25.7 Å². The standard InChI is InChI=1S/C10H16NO/c1-3-4-5-6-7-8-9-10-11-12-2/h10H,1,5-9H2,2H3. The van der Waals surface area contributed by atoms with Gasteiger partial charge in [0, 0.05) is 19.6 Å². The highest BCUT2D eigenvalue weighted by Gasteiger charge is 1.85. The smallest absolute Gasteiger partial charge is 0.106 e. The van der Waals surface area contributed by atoms with Crippen LogP contribution in [0.2, 0.25) is 0 Å². The molecular formula is C10H16NO. The first kappa shape index (κ1) is 11.0. The Bertz CT molecular complexity index is 164. The monoisotopic (exact) mass is 166 g/mol. The van der Waals surface area contributed by atoms with Gasteiger partial charge in [-0.1, -0.05) is 11.6 Å². The fourth-order valence-electron chi connectivity index (χ4n) is 0.841. The lowest BCUT2D eigenvalue weighted by molar-refractivity contribution is 0.214. The third kappa shape index (κ3) is 9.03. The Balaban J connectivity index is 2.99. The molecule has 0 fully saturated rings. The lowest BCUT2D eigenvalue weighted by atomic mass is 10.1. The summed E-state index contributed by atoms with van der Waals surface area (Å²) >= 11 is 0. The minimum absolute atomic E-state index is 0.963. The molecule has 2 nitrogen and oxygen atoms in total. The summed E-state index contributed by atoms with van der Waals surface area (Å²) in [4.78, 5) is 4.53. The van der Waals surface area contributed by atoms with Crippen LogP contribution in [0.25, 0.3) is 0 Å². The van der Waals surface area contributed by atoms with Gasteiger partial charge >= 0.3 is 0 Å². The number of hydrogen-bond acceptors (Lipinski definition) is 2. The molecule has 0 saturated carbocycles. The molecule has 0 unspecified atom stereocenters. The Morgan fingerprint density at radius 2 is 2.25 bits per heavy atom. The largest absolute Gasteiger partial charge is 0.399 e. The summed E-state index contributed by atoms with van der Waals surface area (Å²) in [5, 5.41) is 3.64. The van der Waals surface area contributed by atoms with Crippen molar-refractivity contribution in [1.29, 1.82) is 0 Å². The Morgan fingerprint density at radius 1 is 1.42 bits per heavy atom. The number of nitrogens with zero attached hydrogens (tertiary/aromatic N) is 1. The van der Waals surface area contributed by atoms with E-state index < -0.39 is 0 Å².